The molecule has 2 aliphatic carbocycles. The van der Waals surface area contributed by atoms with Gasteiger partial charge in [-0.2, -0.15) is 0 Å². The lowest BCUT2D eigenvalue weighted by Crippen LogP contribution is -2.31. The molecular formula is C13H16Cl2N2O2S. The molecule has 4 nitrogen and oxygen atoms in total. The molecule has 0 amide bonds. The van der Waals surface area contributed by atoms with Gasteiger partial charge in [0.15, 0.2) is 0 Å². The van der Waals surface area contributed by atoms with Gasteiger partial charge in [0.2, 0.25) is 10.0 Å². The van der Waals surface area contributed by atoms with E-state index in [0.29, 0.717) is 12.5 Å². The summed E-state index contributed by atoms with van der Waals surface area (Å²) in [5.74, 6) is 0.691. The maximum absolute atomic E-state index is 12.3. The third-order valence-electron chi connectivity index (χ3n) is 4.33. The molecule has 1 aromatic rings. The zero-order chi connectivity index (χ0) is 14.5. The quantitative estimate of drug-likeness (QED) is 0.813. The van der Waals surface area contributed by atoms with Crippen LogP contribution >= 0.6 is 23.2 Å². The molecule has 20 heavy (non-hydrogen) atoms. The van der Waals surface area contributed by atoms with Crippen LogP contribution in [0.5, 0.6) is 0 Å². The summed E-state index contributed by atoms with van der Waals surface area (Å²) >= 11 is 11.8. The third kappa shape index (κ3) is 2.52. The van der Waals surface area contributed by atoms with Crippen molar-refractivity contribution in [2.75, 3.05) is 12.3 Å². The lowest BCUT2D eigenvalue weighted by molar-refractivity contribution is 0.432. The molecule has 2 saturated carbocycles. The topological polar surface area (TPSA) is 72.2 Å². The van der Waals surface area contributed by atoms with E-state index in [-0.39, 0.29) is 26.0 Å². The Labute approximate surface area is 128 Å². The van der Waals surface area contributed by atoms with Crippen LogP contribution in [0.3, 0.4) is 0 Å². The van der Waals surface area contributed by atoms with Crippen LogP contribution in [0, 0.1) is 11.3 Å². The van der Waals surface area contributed by atoms with E-state index in [1.165, 1.54) is 25.0 Å². The van der Waals surface area contributed by atoms with Crippen LogP contribution in [0.4, 0.5) is 5.69 Å². The number of halogens is 2. The monoisotopic (exact) mass is 334 g/mol. The first-order chi connectivity index (χ1) is 9.36. The molecular weight excluding hydrogens is 319 g/mol. The van der Waals surface area contributed by atoms with Crippen LogP contribution in [-0.4, -0.2) is 15.0 Å². The fourth-order valence-electron chi connectivity index (χ4n) is 2.66. The average Bonchev–Trinajstić information content (AvgIpc) is 3.26. The number of sulfonamides is 1. The van der Waals surface area contributed by atoms with E-state index in [9.17, 15) is 8.42 Å². The van der Waals surface area contributed by atoms with Crippen molar-refractivity contribution in [3.05, 3.63) is 22.2 Å². The normalized spacial score (nSPS) is 20.9. The average molecular weight is 335 g/mol. The molecule has 3 rings (SSSR count). The summed E-state index contributed by atoms with van der Waals surface area (Å²) in [7, 11) is -3.65. The number of rotatable bonds is 5. The number of hydrogen-bond donors (Lipinski definition) is 2. The maximum Gasteiger partial charge on any atom is 0.242 e. The number of hydrogen-bond acceptors (Lipinski definition) is 3. The van der Waals surface area contributed by atoms with Gasteiger partial charge in [-0.25, -0.2) is 13.1 Å². The molecule has 0 spiro atoms. The van der Waals surface area contributed by atoms with Crippen LogP contribution in [0.2, 0.25) is 10.0 Å². The molecule has 0 unspecified atom stereocenters. The summed E-state index contributed by atoms with van der Waals surface area (Å²) in [4.78, 5) is -0.00679. The molecule has 3 N–H and O–H groups in total. The highest BCUT2D eigenvalue weighted by Crippen LogP contribution is 2.60. The van der Waals surface area contributed by atoms with Gasteiger partial charge in [0, 0.05) is 6.54 Å². The molecule has 7 heteroatoms. The van der Waals surface area contributed by atoms with Crippen LogP contribution < -0.4 is 10.5 Å². The van der Waals surface area contributed by atoms with Crippen molar-refractivity contribution in [3.63, 3.8) is 0 Å². The van der Waals surface area contributed by atoms with Crippen LogP contribution in [0.25, 0.3) is 0 Å². The molecule has 110 valence electrons. The molecule has 0 heterocycles. The number of nitrogens with one attached hydrogen (secondary N) is 1. The van der Waals surface area contributed by atoms with Crippen molar-refractivity contribution < 1.29 is 8.42 Å². The second-order valence-electron chi connectivity index (χ2n) is 5.73. The molecule has 0 aromatic heterocycles. The van der Waals surface area contributed by atoms with Crippen molar-refractivity contribution in [3.8, 4) is 0 Å². The Bertz CT molecular complexity index is 653. The van der Waals surface area contributed by atoms with Gasteiger partial charge < -0.3 is 5.73 Å². The largest absolute Gasteiger partial charge is 0.396 e. The second kappa shape index (κ2) is 4.77. The Kier molecular flexibility index (Phi) is 3.44. The van der Waals surface area contributed by atoms with Crippen molar-refractivity contribution >= 4 is 38.9 Å². The number of nitrogen functional groups attached to an aromatic ring is 1. The van der Waals surface area contributed by atoms with Gasteiger partial charge in [0.25, 0.3) is 0 Å². The summed E-state index contributed by atoms with van der Waals surface area (Å²) in [6.45, 7) is 0.485. The molecule has 0 saturated heterocycles. The van der Waals surface area contributed by atoms with E-state index < -0.39 is 10.0 Å². The van der Waals surface area contributed by atoms with E-state index in [1.807, 2.05) is 0 Å². The minimum atomic E-state index is -3.65. The summed E-state index contributed by atoms with van der Waals surface area (Å²) in [5, 5.41) is 0.242. The zero-order valence-corrected chi connectivity index (χ0v) is 13.2. The SMILES string of the molecule is Nc1c(Cl)ccc(S(=O)(=O)NCC2(C3CC3)CC2)c1Cl. The highest BCUT2D eigenvalue weighted by atomic mass is 35.5. The van der Waals surface area contributed by atoms with Crippen LogP contribution in [0.15, 0.2) is 17.0 Å². The molecule has 0 radical (unpaired) electrons. The van der Waals surface area contributed by atoms with E-state index in [2.05, 4.69) is 4.72 Å². The third-order valence-corrected chi connectivity index (χ3v) is 6.62. The molecule has 0 bridgehead atoms. The lowest BCUT2D eigenvalue weighted by Gasteiger charge is -2.16. The smallest absolute Gasteiger partial charge is 0.242 e. The van der Waals surface area contributed by atoms with Crippen molar-refractivity contribution in [2.45, 2.75) is 30.6 Å². The lowest BCUT2D eigenvalue weighted by atomic mass is 10.0. The van der Waals surface area contributed by atoms with Gasteiger partial charge in [-0.1, -0.05) is 23.2 Å². The zero-order valence-electron chi connectivity index (χ0n) is 10.8. The molecule has 2 aliphatic rings. The van der Waals surface area contributed by atoms with Crippen LogP contribution in [0.1, 0.15) is 25.7 Å². The van der Waals surface area contributed by atoms with Crippen LogP contribution in [-0.2, 0) is 10.0 Å². The first-order valence-corrected chi connectivity index (χ1v) is 8.83. The number of anilines is 1. The van der Waals surface area contributed by atoms with Gasteiger partial charge in [-0.05, 0) is 49.1 Å². The molecule has 1 aromatic carbocycles. The summed E-state index contributed by atoms with van der Waals surface area (Å²) in [5.41, 5.74) is 5.96. The highest BCUT2D eigenvalue weighted by molar-refractivity contribution is 7.89. The first kappa shape index (κ1) is 14.4. The van der Waals surface area contributed by atoms with Gasteiger partial charge >= 0.3 is 0 Å². The summed E-state index contributed by atoms with van der Waals surface area (Å²) < 4.78 is 27.4. The predicted octanol–water partition coefficient (Wildman–Crippen LogP) is 3.04. The first-order valence-electron chi connectivity index (χ1n) is 6.59. The maximum atomic E-state index is 12.3. The Morgan fingerprint density at radius 1 is 1.30 bits per heavy atom. The Morgan fingerprint density at radius 3 is 2.50 bits per heavy atom. The van der Waals surface area contributed by atoms with E-state index >= 15 is 0 Å². The van der Waals surface area contributed by atoms with Gasteiger partial charge in [-0.15, -0.1) is 0 Å². The summed E-state index contributed by atoms with van der Waals surface area (Å²) in [6.07, 6.45) is 4.65. The number of nitrogens with two attached hydrogens (primary N) is 1. The second-order valence-corrected chi connectivity index (χ2v) is 8.25. The minimum Gasteiger partial charge on any atom is -0.396 e. The van der Waals surface area contributed by atoms with Crippen molar-refractivity contribution in [1.29, 1.82) is 0 Å². The fourth-order valence-corrected chi connectivity index (χ4v) is 4.56. The minimum absolute atomic E-state index is 0.00679. The molecule has 2 fully saturated rings. The Hall–Kier alpha value is -0.490. The van der Waals surface area contributed by atoms with E-state index in [4.69, 9.17) is 28.9 Å². The van der Waals surface area contributed by atoms with Crippen molar-refractivity contribution in [1.82, 2.24) is 4.72 Å². The van der Waals surface area contributed by atoms with Gasteiger partial charge in [0.05, 0.1) is 15.7 Å². The Balaban J connectivity index is 1.80. The van der Waals surface area contributed by atoms with Gasteiger partial charge in [-0.3, -0.25) is 0 Å². The van der Waals surface area contributed by atoms with Gasteiger partial charge in [0.1, 0.15) is 4.90 Å². The van der Waals surface area contributed by atoms with E-state index in [0.717, 1.165) is 12.8 Å². The van der Waals surface area contributed by atoms with Crippen molar-refractivity contribution in [2.24, 2.45) is 11.3 Å². The molecule has 0 aliphatic heterocycles. The molecule has 0 atom stereocenters. The highest BCUT2D eigenvalue weighted by Gasteiger charge is 2.53. The predicted molar refractivity (Wildman–Crippen MR) is 80.5 cm³/mol. The fraction of sp³-hybridized carbons (Fsp3) is 0.538. The number of benzene rings is 1. The summed E-state index contributed by atoms with van der Waals surface area (Å²) in [6, 6.07) is 2.84. The standard InChI is InChI=1S/C13H16Cl2N2O2S/c14-9-3-4-10(11(15)12(9)16)20(18,19)17-7-13(5-6-13)8-1-2-8/h3-4,8,17H,1-2,5-7,16H2. The Morgan fingerprint density at radius 2 is 1.95 bits per heavy atom. The van der Waals surface area contributed by atoms with E-state index in [1.54, 1.807) is 0 Å².